The first-order chi connectivity index (χ1) is 15.4. The molecule has 0 spiro atoms. The van der Waals surface area contributed by atoms with Gasteiger partial charge in [-0.05, 0) is 61.7 Å². The summed E-state index contributed by atoms with van der Waals surface area (Å²) < 4.78 is 1.83. The Morgan fingerprint density at radius 1 is 1.22 bits per heavy atom. The highest BCUT2D eigenvalue weighted by molar-refractivity contribution is 6.07. The molecule has 0 bridgehead atoms. The second-order valence-corrected chi connectivity index (χ2v) is 7.67. The number of rotatable bonds is 8. The lowest BCUT2D eigenvalue weighted by atomic mass is 10.0. The van der Waals surface area contributed by atoms with E-state index in [4.69, 9.17) is 5.73 Å². The largest absolute Gasteiger partial charge is 0.326 e. The van der Waals surface area contributed by atoms with Crippen LogP contribution in [0.1, 0.15) is 42.9 Å². The molecule has 0 aliphatic rings. The average molecular weight is 429 g/mol. The maximum Gasteiger partial charge on any atom is 0.276 e. The molecule has 6 nitrogen and oxygen atoms in total. The molecule has 164 valence electrons. The summed E-state index contributed by atoms with van der Waals surface area (Å²) in [7, 11) is 0. The predicted octanol–water partition coefficient (Wildman–Crippen LogP) is 4.69. The van der Waals surface area contributed by atoms with Crippen molar-refractivity contribution < 1.29 is 9.59 Å². The van der Waals surface area contributed by atoms with Crippen molar-refractivity contribution in [2.24, 2.45) is 5.73 Å². The monoisotopic (exact) mass is 428 g/mol. The molecular weight excluding hydrogens is 400 g/mol. The maximum absolute atomic E-state index is 13.2. The van der Waals surface area contributed by atoms with Crippen LogP contribution in [0.3, 0.4) is 0 Å². The highest BCUT2D eigenvalue weighted by Gasteiger charge is 2.20. The van der Waals surface area contributed by atoms with Crippen LogP contribution in [0.2, 0.25) is 0 Å². The van der Waals surface area contributed by atoms with Gasteiger partial charge in [0.15, 0.2) is 12.0 Å². The van der Waals surface area contributed by atoms with E-state index in [0.29, 0.717) is 29.8 Å². The van der Waals surface area contributed by atoms with Crippen molar-refractivity contribution in [3.63, 3.8) is 0 Å². The van der Waals surface area contributed by atoms with Gasteiger partial charge in [-0.1, -0.05) is 43.0 Å². The summed E-state index contributed by atoms with van der Waals surface area (Å²) in [5.74, 6) is -0.392. The summed E-state index contributed by atoms with van der Waals surface area (Å²) in [5, 5.41) is 8.16. The Kier molecular flexibility index (Phi) is 7.18. The van der Waals surface area contributed by atoms with E-state index >= 15 is 0 Å². The van der Waals surface area contributed by atoms with Gasteiger partial charge in [0.25, 0.3) is 5.91 Å². The van der Waals surface area contributed by atoms with Gasteiger partial charge in [-0.25, -0.2) is 0 Å². The quantitative estimate of drug-likeness (QED) is 0.309. The molecule has 3 aromatic rings. The molecule has 1 aromatic heterocycles. The molecule has 3 N–H and O–H groups in total. The number of aldehydes is 1. The zero-order chi connectivity index (χ0) is 23.3. The van der Waals surface area contributed by atoms with E-state index in [2.05, 4.69) is 17.0 Å². The first kappa shape index (κ1) is 22.9. The highest BCUT2D eigenvalue weighted by Crippen LogP contribution is 2.29. The predicted molar refractivity (Wildman–Crippen MR) is 129 cm³/mol. The first-order valence-corrected chi connectivity index (χ1v) is 10.5. The molecule has 0 saturated heterocycles. The van der Waals surface area contributed by atoms with Gasteiger partial charge in [-0.3, -0.25) is 14.3 Å². The van der Waals surface area contributed by atoms with E-state index in [1.54, 1.807) is 12.2 Å². The molecule has 0 aliphatic heterocycles. The Morgan fingerprint density at radius 3 is 2.59 bits per heavy atom. The van der Waals surface area contributed by atoms with Crippen LogP contribution in [0.25, 0.3) is 22.0 Å². The third-order valence-electron chi connectivity index (χ3n) is 5.15. The van der Waals surface area contributed by atoms with Gasteiger partial charge in [0, 0.05) is 23.5 Å². The lowest BCUT2D eigenvalue weighted by Gasteiger charge is -2.08. The van der Waals surface area contributed by atoms with Crippen LogP contribution in [-0.4, -0.2) is 22.0 Å². The van der Waals surface area contributed by atoms with Gasteiger partial charge in [0.2, 0.25) is 0 Å². The minimum atomic E-state index is -0.392. The molecule has 0 saturated carbocycles. The van der Waals surface area contributed by atoms with Crippen LogP contribution in [0, 0.1) is 0 Å². The molecule has 0 fully saturated rings. The Labute approximate surface area is 188 Å². The number of amides is 1. The van der Waals surface area contributed by atoms with Gasteiger partial charge >= 0.3 is 0 Å². The summed E-state index contributed by atoms with van der Waals surface area (Å²) in [6, 6.07) is 14.0. The van der Waals surface area contributed by atoms with Crippen molar-refractivity contribution >= 4 is 23.1 Å². The van der Waals surface area contributed by atoms with Crippen molar-refractivity contribution in [2.75, 3.05) is 0 Å². The van der Waals surface area contributed by atoms with E-state index in [0.717, 1.165) is 27.6 Å². The number of nitrogens with two attached hydrogens (primary N) is 1. The average Bonchev–Trinajstić information content (AvgIpc) is 3.19. The molecule has 0 atom stereocenters. The molecular formula is C26H28N4O2. The molecule has 0 aliphatic carbocycles. The van der Waals surface area contributed by atoms with Gasteiger partial charge in [0.05, 0.1) is 11.2 Å². The third kappa shape index (κ3) is 4.60. The molecule has 3 rings (SSSR count). The fourth-order valence-electron chi connectivity index (χ4n) is 3.54. The maximum atomic E-state index is 13.2. The summed E-state index contributed by atoms with van der Waals surface area (Å²) in [5.41, 5.74) is 10.6. The summed E-state index contributed by atoms with van der Waals surface area (Å²) in [6.45, 7) is 9.94. The second kappa shape index (κ2) is 10.0. The van der Waals surface area contributed by atoms with Crippen LogP contribution in [-0.2, 0) is 11.3 Å². The van der Waals surface area contributed by atoms with Gasteiger partial charge < -0.3 is 11.1 Å². The Balaban J connectivity index is 2.14. The number of carbonyl (C=O) groups excluding carboxylic acids is 2. The van der Waals surface area contributed by atoms with Crippen LogP contribution in [0.5, 0.6) is 0 Å². The topological polar surface area (TPSA) is 90.0 Å². The molecule has 32 heavy (non-hydrogen) atoms. The third-order valence-corrected chi connectivity index (χ3v) is 5.15. The number of hydrogen-bond acceptors (Lipinski definition) is 4. The van der Waals surface area contributed by atoms with E-state index in [1.807, 2.05) is 67.9 Å². The number of benzene rings is 2. The van der Waals surface area contributed by atoms with E-state index < -0.39 is 5.91 Å². The van der Waals surface area contributed by atoms with Crippen molar-refractivity contribution in [3.8, 4) is 11.1 Å². The molecule has 2 aromatic carbocycles. The van der Waals surface area contributed by atoms with Crippen LogP contribution >= 0.6 is 0 Å². The van der Waals surface area contributed by atoms with Gasteiger partial charge in [-0.2, -0.15) is 5.10 Å². The number of hydrogen-bond donors (Lipinski definition) is 2. The first-order valence-electron chi connectivity index (χ1n) is 10.5. The smallest absolute Gasteiger partial charge is 0.276 e. The van der Waals surface area contributed by atoms with E-state index in [-0.39, 0.29) is 6.04 Å². The Bertz CT molecular complexity index is 1220. The molecule has 1 amide bonds. The van der Waals surface area contributed by atoms with Crippen molar-refractivity contribution in [1.82, 2.24) is 15.1 Å². The van der Waals surface area contributed by atoms with E-state index in [9.17, 15) is 9.59 Å². The number of nitrogens with one attached hydrogen (secondary N) is 1. The molecule has 0 unspecified atom stereocenters. The number of nitrogens with zero attached hydrogens (tertiary/aromatic N) is 2. The number of fused-ring (bicyclic) bond motifs is 1. The SMILES string of the molecule is C=C/C(C=O)=C(\C=C/C)NC(=O)c1nn(C(C)C)c2ccc(-c3cccc(CN)c3)cc12. The zero-order valence-corrected chi connectivity index (χ0v) is 18.6. The molecule has 0 radical (unpaired) electrons. The van der Waals surface area contributed by atoms with Crippen molar-refractivity contribution in [2.45, 2.75) is 33.4 Å². The standard InChI is InChI=1S/C26H28N4O2/c1-5-8-23(19(6-2)16-31)28-26(32)25-22-14-21(20-10-7-9-18(13-20)15-27)11-12-24(22)30(29-25)17(3)4/h5-14,16-17H,2,15,27H2,1,3-4H3,(H,28,32)/b8-5-,23-19-. The van der Waals surface area contributed by atoms with Crippen LogP contribution < -0.4 is 11.1 Å². The minimum absolute atomic E-state index is 0.0646. The lowest BCUT2D eigenvalue weighted by Crippen LogP contribution is -2.24. The lowest BCUT2D eigenvalue weighted by molar-refractivity contribution is -0.104. The van der Waals surface area contributed by atoms with Gasteiger partial charge in [0.1, 0.15) is 0 Å². The fourth-order valence-corrected chi connectivity index (χ4v) is 3.54. The second-order valence-electron chi connectivity index (χ2n) is 7.67. The van der Waals surface area contributed by atoms with Crippen molar-refractivity contribution in [3.05, 3.63) is 89.8 Å². The molecule has 1 heterocycles. The van der Waals surface area contributed by atoms with Crippen LogP contribution in [0.15, 0.2) is 78.5 Å². The van der Waals surface area contributed by atoms with Crippen LogP contribution in [0.4, 0.5) is 0 Å². The molecule has 6 heteroatoms. The minimum Gasteiger partial charge on any atom is -0.326 e. The van der Waals surface area contributed by atoms with Gasteiger partial charge in [-0.15, -0.1) is 0 Å². The van der Waals surface area contributed by atoms with E-state index in [1.165, 1.54) is 6.08 Å². The number of allylic oxidation sites excluding steroid dienone is 4. The summed E-state index contributed by atoms with van der Waals surface area (Å²) >= 11 is 0. The van der Waals surface area contributed by atoms with Crippen molar-refractivity contribution in [1.29, 1.82) is 0 Å². The fraction of sp³-hybridized carbons (Fsp3) is 0.192. The number of carbonyl (C=O) groups is 2. The highest BCUT2D eigenvalue weighted by atomic mass is 16.2. The zero-order valence-electron chi connectivity index (χ0n) is 18.6. The Morgan fingerprint density at radius 2 is 1.97 bits per heavy atom. The number of aromatic nitrogens is 2. The summed E-state index contributed by atoms with van der Waals surface area (Å²) in [6.07, 6.45) is 5.48. The Hall–Kier alpha value is -3.77. The normalized spacial score (nSPS) is 12.3. The summed E-state index contributed by atoms with van der Waals surface area (Å²) in [4.78, 5) is 24.6.